The van der Waals surface area contributed by atoms with Crippen LogP contribution in [0.4, 0.5) is 10.1 Å². The van der Waals surface area contributed by atoms with Gasteiger partial charge < -0.3 is 15.0 Å². The van der Waals surface area contributed by atoms with E-state index in [1.54, 1.807) is 18.5 Å². The topological polar surface area (TPSA) is 112 Å². The van der Waals surface area contributed by atoms with Gasteiger partial charge in [0, 0.05) is 41.2 Å². The van der Waals surface area contributed by atoms with Crippen LogP contribution >= 0.6 is 0 Å². The average molecular weight is 630 g/mol. The molecule has 238 valence electrons. The number of ether oxygens (including phenoxy) is 1. The minimum atomic E-state index is -0.335. The smallest absolute Gasteiger partial charge is 0.227 e. The van der Waals surface area contributed by atoms with Crippen molar-refractivity contribution in [3.63, 3.8) is 0 Å². The third-order valence-corrected chi connectivity index (χ3v) is 9.41. The van der Waals surface area contributed by atoms with E-state index in [4.69, 9.17) is 9.72 Å². The number of halogens is 1. The molecule has 0 atom stereocenters. The maximum absolute atomic E-state index is 14.8. The molecule has 0 bridgehead atoms. The normalized spacial score (nSPS) is 15.6. The summed E-state index contributed by atoms with van der Waals surface area (Å²) in [6.45, 7) is 3.57. The molecule has 1 aliphatic carbocycles. The van der Waals surface area contributed by atoms with Crippen molar-refractivity contribution in [2.45, 2.75) is 38.5 Å². The standard InChI is InChI=1S/C37H36FN7O2/c38-26-16-24(18-28(19-26)47-15-14-45-12-3-4-13-45)29-8-5-9-32-30(29)20-34(41-32)36-35-33(43-44-36)11-10-31(42-35)25-17-27(22-39-21-25)40-37(46)23-6-1-2-7-23/h5,8-11,16-23,41H,1-4,6-7,12-15H2,(H,40,46)(H,43,44). The number of amides is 1. The molecule has 3 N–H and O–H groups in total. The Labute approximate surface area is 271 Å². The highest BCUT2D eigenvalue weighted by Crippen LogP contribution is 2.36. The molecular weight excluding hydrogens is 593 g/mol. The molecule has 2 aromatic carbocycles. The van der Waals surface area contributed by atoms with Gasteiger partial charge in [-0.25, -0.2) is 9.37 Å². The van der Waals surface area contributed by atoms with Gasteiger partial charge in [-0.05, 0) is 92.4 Å². The third kappa shape index (κ3) is 6.08. The van der Waals surface area contributed by atoms with Crippen LogP contribution in [-0.4, -0.2) is 62.2 Å². The molecule has 6 aromatic rings. The maximum Gasteiger partial charge on any atom is 0.227 e. The molecule has 5 heterocycles. The molecule has 47 heavy (non-hydrogen) atoms. The number of nitrogens with one attached hydrogen (secondary N) is 3. The highest BCUT2D eigenvalue weighted by molar-refractivity contribution is 6.00. The van der Waals surface area contributed by atoms with Crippen LogP contribution in [0.1, 0.15) is 38.5 Å². The van der Waals surface area contributed by atoms with Gasteiger partial charge in [0.2, 0.25) is 5.91 Å². The number of hydrogen-bond acceptors (Lipinski definition) is 6. The number of carbonyl (C=O) groups excluding carboxylic acids is 1. The molecule has 4 aromatic heterocycles. The number of carbonyl (C=O) groups is 1. The molecule has 1 saturated heterocycles. The lowest BCUT2D eigenvalue weighted by Gasteiger charge is -2.15. The SMILES string of the molecule is O=C(Nc1cncc(-c2ccc3[nH]nc(-c4cc5c(-c6cc(F)cc(OCCN7CCCC7)c6)cccc5[nH]4)c3n2)c1)C1CCCC1. The number of hydrogen-bond donors (Lipinski definition) is 3. The van der Waals surface area contributed by atoms with Gasteiger partial charge in [0.15, 0.2) is 0 Å². The first-order valence-corrected chi connectivity index (χ1v) is 16.5. The number of likely N-dealkylation sites (tertiary alicyclic amines) is 1. The summed E-state index contributed by atoms with van der Waals surface area (Å²) in [5.74, 6) is 0.316. The number of rotatable bonds is 9. The summed E-state index contributed by atoms with van der Waals surface area (Å²) in [7, 11) is 0. The molecule has 10 heteroatoms. The molecule has 0 radical (unpaired) electrons. The van der Waals surface area contributed by atoms with Crippen molar-refractivity contribution in [3.8, 4) is 39.5 Å². The van der Waals surface area contributed by atoms with E-state index in [0.29, 0.717) is 29.3 Å². The Morgan fingerprint density at radius 1 is 0.957 bits per heavy atom. The zero-order chi connectivity index (χ0) is 31.7. The van der Waals surface area contributed by atoms with Crippen LogP contribution < -0.4 is 10.1 Å². The number of fused-ring (bicyclic) bond motifs is 2. The number of aromatic amines is 2. The summed E-state index contributed by atoms with van der Waals surface area (Å²) < 4.78 is 20.8. The molecule has 0 unspecified atom stereocenters. The maximum atomic E-state index is 14.8. The fourth-order valence-corrected chi connectivity index (χ4v) is 6.96. The summed E-state index contributed by atoms with van der Waals surface area (Å²) >= 11 is 0. The Morgan fingerprint density at radius 2 is 1.83 bits per heavy atom. The summed E-state index contributed by atoms with van der Waals surface area (Å²) in [5, 5.41) is 11.7. The van der Waals surface area contributed by atoms with Crippen LogP contribution in [-0.2, 0) is 4.79 Å². The predicted molar refractivity (Wildman–Crippen MR) is 182 cm³/mol. The second-order valence-corrected chi connectivity index (χ2v) is 12.6. The van der Waals surface area contributed by atoms with E-state index in [1.807, 2.05) is 48.5 Å². The van der Waals surface area contributed by atoms with Crippen LogP contribution in [0.25, 0.3) is 55.7 Å². The van der Waals surface area contributed by atoms with Crippen molar-refractivity contribution in [1.29, 1.82) is 0 Å². The Morgan fingerprint density at radius 3 is 2.70 bits per heavy atom. The molecule has 2 aliphatic rings. The lowest BCUT2D eigenvalue weighted by atomic mass is 10.0. The minimum Gasteiger partial charge on any atom is -0.492 e. The van der Waals surface area contributed by atoms with Gasteiger partial charge in [0.25, 0.3) is 0 Å². The van der Waals surface area contributed by atoms with Gasteiger partial charge in [-0.1, -0.05) is 25.0 Å². The second kappa shape index (κ2) is 12.6. The number of pyridine rings is 2. The number of H-pyrrole nitrogens is 2. The molecule has 1 aliphatic heterocycles. The largest absolute Gasteiger partial charge is 0.492 e. The summed E-state index contributed by atoms with van der Waals surface area (Å²) in [4.78, 5) is 27.9. The van der Waals surface area contributed by atoms with Crippen LogP contribution in [0.5, 0.6) is 5.75 Å². The molecule has 0 spiro atoms. The van der Waals surface area contributed by atoms with Crippen molar-refractivity contribution >= 4 is 33.5 Å². The van der Waals surface area contributed by atoms with Gasteiger partial charge >= 0.3 is 0 Å². The zero-order valence-corrected chi connectivity index (χ0v) is 26.1. The molecule has 1 amide bonds. The highest BCUT2D eigenvalue weighted by Gasteiger charge is 2.23. The van der Waals surface area contributed by atoms with Crippen molar-refractivity contribution < 1.29 is 13.9 Å². The molecular formula is C37H36FN7O2. The van der Waals surface area contributed by atoms with Gasteiger partial charge in [-0.2, -0.15) is 5.10 Å². The Bertz CT molecular complexity index is 2070. The van der Waals surface area contributed by atoms with E-state index in [0.717, 1.165) is 89.8 Å². The molecule has 8 rings (SSSR count). The van der Waals surface area contributed by atoms with Crippen molar-refractivity contribution in [1.82, 2.24) is 30.0 Å². The second-order valence-electron chi connectivity index (χ2n) is 12.6. The van der Waals surface area contributed by atoms with Gasteiger partial charge in [0.05, 0.1) is 28.8 Å². The number of benzene rings is 2. The highest BCUT2D eigenvalue weighted by atomic mass is 19.1. The Balaban J connectivity index is 1.08. The Kier molecular flexibility index (Phi) is 7.86. The quantitative estimate of drug-likeness (QED) is 0.152. The van der Waals surface area contributed by atoms with Crippen LogP contribution in [0.3, 0.4) is 0 Å². The number of anilines is 1. The van der Waals surface area contributed by atoms with Gasteiger partial charge in [-0.3, -0.25) is 19.8 Å². The van der Waals surface area contributed by atoms with Gasteiger partial charge in [0.1, 0.15) is 29.4 Å². The van der Waals surface area contributed by atoms with E-state index in [-0.39, 0.29) is 17.6 Å². The van der Waals surface area contributed by atoms with E-state index < -0.39 is 0 Å². The lowest BCUT2D eigenvalue weighted by molar-refractivity contribution is -0.119. The van der Waals surface area contributed by atoms with Crippen LogP contribution in [0.15, 0.2) is 73.1 Å². The molecule has 9 nitrogen and oxygen atoms in total. The van der Waals surface area contributed by atoms with E-state index in [1.165, 1.54) is 18.9 Å². The minimum absolute atomic E-state index is 0.0553. The summed E-state index contributed by atoms with van der Waals surface area (Å²) in [6, 6.07) is 18.7. The van der Waals surface area contributed by atoms with Crippen LogP contribution in [0, 0.1) is 11.7 Å². The van der Waals surface area contributed by atoms with E-state index >= 15 is 0 Å². The van der Waals surface area contributed by atoms with Crippen LogP contribution in [0.2, 0.25) is 0 Å². The first-order valence-electron chi connectivity index (χ1n) is 16.5. The Hall–Kier alpha value is -5.09. The predicted octanol–water partition coefficient (Wildman–Crippen LogP) is 7.58. The van der Waals surface area contributed by atoms with Crippen molar-refractivity contribution in [2.24, 2.45) is 5.92 Å². The van der Waals surface area contributed by atoms with E-state index in [2.05, 4.69) is 30.4 Å². The third-order valence-electron chi connectivity index (χ3n) is 9.41. The molecule has 1 saturated carbocycles. The first kappa shape index (κ1) is 29.3. The van der Waals surface area contributed by atoms with Crippen molar-refractivity contribution in [3.05, 3.63) is 78.9 Å². The first-order chi connectivity index (χ1) is 23.1. The summed E-state index contributed by atoms with van der Waals surface area (Å²) in [5.41, 5.74) is 7.69. The zero-order valence-electron chi connectivity index (χ0n) is 26.1. The number of aromatic nitrogens is 5. The lowest BCUT2D eigenvalue weighted by Crippen LogP contribution is -2.25. The number of nitrogens with zero attached hydrogens (tertiary/aromatic N) is 4. The fourth-order valence-electron chi connectivity index (χ4n) is 6.96. The average Bonchev–Trinajstić information content (AvgIpc) is 3.91. The summed E-state index contributed by atoms with van der Waals surface area (Å²) in [6.07, 6.45) is 9.95. The van der Waals surface area contributed by atoms with E-state index in [9.17, 15) is 9.18 Å². The van der Waals surface area contributed by atoms with Crippen molar-refractivity contribution in [2.75, 3.05) is 31.6 Å². The van der Waals surface area contributed by atoms with Gasteiger partial charge in [-0.15, -0.1) is 0 Å². The monoisotopic (exact) mass is 629 g/mol. The fraction of sp³-hybridized carbons (Fsp3) is 0.297. The molecule has 2 fully saturated rings.